The third-order valence-corrected chi connectivity index (χ3v) is 5.52. The number of fused-ring (bicyclic) bond motifs is 5. The summed E-state index contributed by atoms with van der Waals surface area (Å²) >= 11 is 0. The molecule has 0 aliphatic carbocycles. The van der Waals surface area contributed by atoms with Gasteiger partial charge in [0.2, 0.25) is 0 Å². The molecular formula is C19H24N2O. The number of benzene rings is 1. The molecule has 3 nitrogen and oxygen atoms in total. The molecule has 0 spiro atoms. The zero-order valence-electron chi connectivity index (χ0n) is 13.2. The van der Waals surface area contributed by atoms with Crippen LogP contribution in [0.3, 0.4) is 0 Å². The molecule has 0 amide bonds. The molecule has 1 saturated heterocycles. The average Bonchev–Trinajstić information content (AvgIpc) is 2.93. The maximum absolute atomic E-state index is 9.34. The van der Waals surface area contributed by atoms with Crippen LogP contribution in [0.1, 0.15) is 37.1 Å². The highest BCUT2D eigenvalue weighted by atomic mass is 16.2. The number of aromatic amines is 1. The van der Waals surface area contributed by atoms with E-state index in [1.165, 1.54) is 27.7 Å². The van der Waals surface area contributed by atoms with E-state index in [2.05, 4.69) is 41.1 Å². The quantitative estimate of drug-likeness (QED) is 0.834. The van der Waals surface area contributed by atoms with Gasteiger partial charge in [-0.25, -0.2) is 0 Å². The largest absolute Gasteiger partial charge is 0.392 e. The third-order valence-electron chi connectivity index (χ3n) is 5.52. The van der Waals surface area contributed by atoms with E-state index in [9.17, 15) is 5.11 Å². The molecule has 0 bridgehead atoms. The standard InChI is InChI=1S/C19H24N2O/c1-2-13-12-21-9-7-16-15-5-3-4-6-17(15)20-19(16)18(21)11-14(13)8-10-22/h3-6,8,13,18,20,22H,2,7,9-12H2,1H3/b14-8+/t13-,18-/m1/s1. The molecule has 1 aromatic carbocycles. The summed E-state index contributed by atoms with van der Waals surface area (Å²) in [6.45, 7) is 4.71. The lowest BCUT2D eigenvalue weighted by Gasteiger charge is -2.43. The second-order valence-electron chi connectivity index (χ2n) is 6.59. The summed E-state index contributed by atoms with van der Waals surface area (Å²) in [5, 5.41) is 10.7. The number of piperidine rings is 1. The predicted octanol–water partition coefficient (Wildman–Crippen LogP) is 3.42. The summed E-state index contributed by atoms with van der Waals surface area (Å²) in [6.07, 6.45) is 5.40. The van der Waals surface area contributed by atoms with E-state index in [1.54, 1.807) is 0 Å². The Morgan fingerprint density at radius 1 is 1.36 bits per heavy atom. The van der Waals surface area contributed by atoms with Gasteiger partial charge in [0.1, 0.15) is 0 Å². The van der Waals surface area contributed by atoms with E-state index in [0.29, 0.717) is 12.0 Å². The molecule has 3 heterocycles. The minimum Gasteiger partial charge on any atom is -0.392 e. The molecular weight excluding hydrogens is 272 g/mol. The SMILES string of the molecule is CC[C@@H]1CN2CCc3c([nH]c4ccccc34)[C@H]2C/C1=C\CO. The predicted molar refractivity (Wildman–Crippen MR) is 89.9 cm³/mol. The highest BCUT2D eigenvalue weighted by Gasteiger charge is 2.36. The smallest absolute Gasteiger partial charge is 0.0615 e. The summed E-state index contributed by atoms with van der Waals surface area (Å²) < 4.78 is 0. The van der Waals surface area contributed by atoms with Gasteiger partial charge in [0, 0.05) is 29.7 Å². The molecule has 22 heavy (non-hydrogen) atoms. The highest BCUT2D eigenvalue weighted by molar-refractivity contribution is 5.85. The molecule has 2 aliphatic heterocycles. The van der Waals surface area contributed by atoms with Crippen molar-refractivity contribution in [3.05, 3.63) is 47.2 Å². The zero-order chi connectivity index (χ0) is 15.1. The number of nitrogens with zero attached hydrogens (tertiary/aromatic N) is 1. The third kappa shape index (κ3) is 2.11. The van der Waals surface area contributed by atoms with Gasteiger partial charge in [-0.3, -0.25) is 4.90 Å². The lowest BCUT2D eigenvalue weighted by atomic mass is 9.81. The Bertz CT molecular complexity index is 715. The number of H-pyrrole nitrogens is 1. The van der Waals surface area contributed by atoms with Crippen molar-refractivity contribution >= 4 is 10.9 Å². The molecule has 1 fully saturated rings. The lowest BCUT2D eigenvalue weighted by molar-refractivity contribution is 0.127. The van der Waals surface area contributed by atoms with Crippen LogP contribution in [0.15, 0.2) is 35.9 Å². The Hall–Kier alpha value is -1.58. The Balaban J connectivity index is 1.76. The van der Waals surface area contributed by atoms with Crippen molar-refractivity contribution in [3.8, 4) is 0 Å². The maximum atomic E-state index is 9.34. The molecule has 1 aromatic heterocycles. The van der Waals surface area contributed by atoms with Crippen LogP contribution in [0, 0.1) is 5.92 Å². The van der Waals surface area contributed by atoms with Crippen LogP contribution >= 0.6 is 0 Å². The first-order valence-corrected chi connectivity index (χ1v) is 8.45. The van der Waals surface area contributed by atoms with Crippen molar-refractivity contribution in [1.82, 2.24) is 9.88 Å². The Labute approximate surface area is 131 Å². The van der Waals surface area contributed by atoms with Gasteiger partial charge in [-0.2, -0.15) is 0 Å². The molecule has 2 aromatic rings. The maximum Gasteiger partial charge on any atom is 0.0615 e. The highest BCUT2D eigenvalue weighted by Crippen LogP contribution is 2.43. The van der Waals surface area contributed by atoms with Gasteiger partial charge in [0.15, 0.2) is 0 Å². The van der Waals surface area contributed by atoms with E-state index in [1.807, 2.05) is 6.08 Å². The minimum atomic E-state index is 0.165. The van der Waals surface area contributed by atoms with Crippen LogP contribution in [0.4, 0.5) is 0 Å². The Morgan fingerprint density at radius 3 is 3.05 bits per heavy atom. The second kappa shape index (κ2) is 5.56. The second-order valence-corrected chi connectivity index (χ2v) is 6.59. The normalized spacial score (nSPS) is 27.1. The van der Waals surface area contributed by atoms with Crippen molar-refractivity contribution in [3.63, 3.8) is 0 Å². The first kappa shape index (κ1) is 14.0. The molecule has 0 unspecified atom stereocenters. The van der Waals surface area contributed by atoms with Crippen molar-refractivity contribution in [1.29, 1.82) is 0 Å². The van der Waals surface area contributed by atoms with E-state index >= 15 is 0 Å². The number of para-hydroxylation sites is 1. The van der Waals surface area contributed by atoms with Gasteiger partial charge in [-0.05, 0) is 36.8 Å². The van der Waals surface area contributed by atoms with E-state index in [4.69, 9.17) is 0 Å². The number of aromatic nitrogens is 1. The summed E-state index contributed by atoms with van der Waals surface area (Å²) in [4.78, 5) is 6.32. The van der Waals surface area contributed by atoms with Gasteiger partial charge in [-0.15, -0.1) is 0 Å². The van der Waals surface area contributed by atoms with Gasteiger partial charge < -0.3 is 10.1 Å². The molecule has 4 rings (SSSR count). The summed E-state index contributed by atoms with van der Waals surface area (Å²) in [7, 11) is 0. The monoisotopic (exact) mass is 296 g/mol. The Kier molecular flexibility index (Phi) is 3.55. The van der Waals surface area contributed by atoms with Gasteiger partial charge in [0.25, 0.3) is 0 Å². The molecule has 0 saturated carbocycles. The first-order chi connectivity index (χ1) is 10.8. The summed E-state index contributed by atoms with van der Waals surface area (Å²) in [6, 6.07) is 9.11. The van der Waals surface area contributed by atoms with E-state index in [0.717, 1.165) is 32.4 Å². The van der Waals surface area contributed by atoms with Crippen LogP contribution in [0.2, 0.25) is 0 Å². The minimum absolute atomic E-state index is 0.165. The van der Waals surface area contributed by atoms with Gasteiger partial charge in [-0.1, -0.05) is 36.8 Å². The fraction of sp³-hybridized carbons (Fsp3) is 0.474. The summed E-state index contributed by atoms with van der Waals surface area (Å²) in [5.74, 6) is 0.606. The average molecular weight is 296 g/mol. The van der Waals surface area contributed by atoms with Crippen molar-refractivity contribution in [2.45, 2.75) is 32.2 Å². The van der Waals surface area contributed by atoms with Crippen LogP contribution in [0.5, 0.6) is 0 Å². The van der Waals surface area contributed by atoms with Crippen LogP contribution in [-0.2, 0) is 6.42 Å². The molecule has 0 radical (unpaired) electrons. The van der Waals surface area contributed by atoms with Crippen molar-refractivity contribution in [2.24, 2.45) is 5.92 Å². The Morgan fingerprint density at radius 2 is 2.23 bits per heavy atom. The van der Waals surface area contributed by atoms with Crippen LogP contribution in [-0.4, -0.2) is 34.7 Å². The van der Waals surface area contributed by atoms with Crippen molar-refractivity contribution < 1.29 is 5.11 Å². The number of nitrogens with one attached hydrogen (secondary N) is 1. The lowest BCUT2D eigenvalue weighted by Crippen LogP contribution is -2.43. The number of aliphatic hydroxyl groups is 1. The number of rotatable bonds is 2. The van der Waals surface area contributed by atoms with Crippen LogP contribution < -0.4 is 0 Å². The zero-order valence-corrected chi connectivity index (χ0v) is 13.2. The molecule has 2 atom stereocenters. The topological polar surface area (TPSA) is 39.3 Å². The van der Waals surface area contributed by atoms with Crippen LogP contribution in [0.25, 0.3) is 10.9 Å². The van der Waals surface area contributed by atoms with Gasteiger partial charge >= 0.3 is 0 Å². The van der Waals surface area contributed by atoms with Gasteiger partial charge in [0.05, 0.1) is 12.6 Å². The van der Waals surface area contributed by atoms with E-state index < -0.39 is 0 Å². The molecule has 116 valence electrons. The van der Waals surface area contributed by atoms with Crippen molar-refractivity contribution in [2.75, 3.05) is 19.7 Å². The molecule has 2 N–H and O–H groups in total. The van der Waals surface area contributed by atoms with E-state index in [-0.39, 0.29) is 6.61 Å². The summed E-state index contributed by atoms with van der Waals surface area (Å²) in [5.41, 5.74) is 5.62. The molecule has 3 heteroatoms. The fourth-order valence-corrected chi connectivity index (χ4v) is 4.37. The number of hydrogen-bond acceptors (Lipinski definition) is 2. The fourth-order valence-electron chi connectivity index (χ4n) is 4.37. The number of hydrogen-bond donors (Lipinski definition) is 2. The molecule has 2 aliphatic rings. The first-order valence-electron chi connectivity index (χ1n) is 8.45. The number of aliphatic hydroxyl groups excluding tert-OH is 1.